The summed E-state index contributed by atoms with van der Waals surface area (Å²) in [6.45, 7) is 8.25. The number of aliphatic hydroxyl groups is 1. The Kier molecular flexibility index (Phi) is 16.3. The molecule has 1 heteroatoms. The van der Waals surface area contributed by atoms with E-state index in [1.54, 1.807) is 0 Å². The van der Waals surface area contributed by atoms with Crippen LogP contribution in [0.4, 0.5) is 0 Å². The van der Waals surface area contributed by atoms with Crippen LogP contribution >= 0.6 is 0 Å². The smallest absolute Gasteiger partial charge is 0.0647 e. The fraction of sp³-hybridized carbons (Fsp3) is 0.909. The van der Waals surface area contributed by atoms with Crippen LogP contribution in [0.1, 0.15) is 123 Å². The van der Waals surface area contributed by atoms with Crippen LogP contribution in [0, 0.1) is 0 Å². The van der Waals surface area contributed by atoms with Gasteiger partial charge >= 0.3 is 0 Å². The van der Waals surface area contributed by atoms with Gasteiger partial charge in [-0.15, -0.1) is 6.58 Å². The van der Waals surface area contributed by atoms with Gasteiger partial charge in [-0.1, -0.05) is 97.0 Å². The topological polar surface area (TPSA) is 20.2 Å². The van der Waals surface area contributed by atoms with Gasteiger partial charge in [-0.25, -0.2) is 0 Å². The van der Waals surface area contributed by atoms with Gasteiger partial charge in [0.2, 0.25) is 0 Å². The standard InChI is InChI=1S/C22H44O/c1-4-7-10-11-12-13-14-15-18-21-22(23,19-16-8-5-2)20-17-9-6-3/h4,23H,1,5-21H2,2-3H3. The number of rotatable bonds is 18. The Morgan fingerprint density at radius 2 is 1.04 bits per heavy atom. The molecule has 0 radical (unpaired) electrons. The molecule has 0 fully saturated rings. The highest BCUT2D eigenvalue weighted by Crippen LogP contribution is 2.28. The average Bonchev–Trinajstić information content (AvgIpc) is 2.54. The van der Waals surface area contributed by atoms with E-state index < -0.39 is 0 Å². The Labute approximate surface area is 147 Å². The van der Waals surface area contributed by atoms with E-state index in [4.69, 9.17) is 0 Å². The van der Waals surface area contributed by atoms with Gasteiger partial charge in [-0.3, -0.25) is 0 Å². The Balaban J connectivity index is 3.78. The number of unbranched alkanes of at least 4 members (excludes halogenated alkanes) is 11. The first-order valence-electron chi connectivity index (χ1n) is 10.5. The minimum Gasteiger partial charge on any atom is -0.390 e. The maximum Gasteiger partial charge on any atom is 0.0647 e. The fourth-order valence-corrected chi connectivity index (χ4v) is 3.41. The van der Waals surface area contributed by atoms with Crippen LogP contribution in [0.5, 0.6) is 0 Å². The lowest BCUT2D eigenvalue weighted by molar-refractivity contribution is 0.00726. The Hall–Kier alpha value is -0.300. The first-order chi connectivity index (χ1) is 11.2. The molecule has 1 nitrogen and oxygen atoms in total. The Bertz CT molecular complexity index is 236. The summed E-state index contributed by atoms with van der Waals surface area (Å²) in [7, 11) is 0. The molecule has 0 aliphatic heterocycles. The molecule has 0 aliphatic carbocycles. The van der Waals surface area contributed by atoms with Crippen molar-refractivity contribution in [2.75, 3.05) is 0 Å². The molecule has 0 amide bonds. The summed E-state index contributed by atoms with van der Waals surface area (Å²) in [6.07, 6.45) is 22.9. The van der Waals surface area contributed by atoms with Crippen molar-refractivity contribution in [1.82, 2.24) is 0 Å². The molecule has 1 N–H and O–H groups in total. The first-order valence-corrected chi connectivity index (χ1v) is 10.5. The molecule has 0 atom stereocenters. The predicted molar refractivity (Wildman–Crippen MR) is 105 cm³/mol. The molecule has 138 valence electrons. The van der Waals surface area contributed by atoms with Gasteiger partial charge in [0.1, 0.15) is 0 Å². The summed E-state index contributed by atoms with van der Waals surface area (Å²) in [5, 5.41) is 11.0. The van der Waals surface area contributed by atoms with Crippen molar-refractivity contribution in [3.8, 4) is 0 Å². The van der Waals surface area contributed by atoms with Gasteiger partial charge in [0.15, 0.2) is 0 Å². The Morgan fingerprint density at radius 3 is 1.48 bits per heavy atom. The lowest BCUT2D eigenvalue weighted by atomic mass is 9.85. The van der Waals surface area contributed by atoms with Crippen LogP contribution in [-0.4, -0.2) is 10.7 Å². The van der Waals surface area contributed by atoms with E-state index in [-0.39, 0.29) is 5.60 Å². The zero-order valence-corrected chi connectivity index (χ0v) is 16.3. The van der Waals surface area contributed by atoms with E-state index in [1.165, 1.54) is 89.9 Å². The molecule has 23 heavy (non-hydrogen) atoms. The molecule has 0 heterocycles. The zero-order valence-electron chi connectivity index (χ0n) is 16.3. The average molecular weight is 325 g/mol. The van der Waals surface area contributed by atoms with Crippen LogP contribution in [-0.2, 0) is 0 Å². The molecule has 0 bridgehead atoms. The largest absolute Gasteiger partial charge is 0.390 e. The lowest BCUT2D eigenvalue weighted by Gasteiger charge is -2.28. The molecule has 0 unspecified atom stereocenters. The lowest BCUT2D eigenvalue weighted by Crippen LogP contribution is -2.28. The number of allylic oxidation sites excluding steroid dienone is 1. The third kappa shape index (κ3) is 15.0. The summed E-state index contributed by atoms with van der Waals surface area (Å²) < 4.78 is 0. The monoisotopic (exact) mass is 324 g/mol. The van der Waals surface area contributed by atoms with Crippen LogP contribution in [0.2, 0.25) is 0 Å². The van der Waals surface area contributed by atoms with Crippen molar-refractivity contribution in [2.45, 2.75) is 129 Å². The predicted octanol–water partition coefficient (Wildman–Crippen LogP) is 7.58. The highest BCUT2D eigenvalue weighted by atomic mass is 16.3. The normalized spacial score (nSPS) is 11.8. The molecule has 0 aromatic carbocycles. The van der Waals surface area contributed by atoms with Gasteiger partial charge in [-0.2, -0.15) is 0 Å². The van der Waals surface area contributed by atoms with Crippen LogP contribution < -0.4 is 0 Å². The molecule has 0 spiro atoms. The van der Waals surface area contributed by atoms with Crippen molar-refractivity contribution in [1.29, 1.82) is 0 Å². The highest BCUT2D eigenvalue weighted by molar-refractivity contribution is 4.78. The quantitative estimate of drug-likeness (QED) is 0.203. The minimum atomic E-state index is -0.367. The second kappa shape index (κ2) is 16.6. The van der Waals surface area contributed by atoms with Crippen molar-refractivity contribution < 1.29 is 5.11 Å². The molecule has 0 saturated carbocycles. The van der Waals surface area contributed by atoms with Gasteiger partial charge < -0.3 is 5.11 Å². The van der Waals surface area contributed by atoms with Crippen molar-refractivity contribution in [3.63, 3.8) is 0 Å². The molecule has 0 rings (SSSR count). The van der Waals surface area contributed by atoms with Crippen LogP contribution in [0.25, 0.3) is 0 Å². The fourth-order valence-electron chi connectivity index (χ4n) is 3.41. The number of hydrogen-bond acceptors (Lipinski definition) is 1. The van der Waals surface area contributed by atoms with E-state index in [9.17, 15) is 5.11 Å². The zero-order chi connectivity index (χ0) is 17.2. The summed E-state index contributed by atoms with van der Waals surface area (Å²) in [5.41, 5.74) is -0.367. The van der Waals surface area contributed by atoms with Crippen LogP contribution in [0.15, 0.2) is 12.7 Å². The van der Waals surface area contributed by atoms with E-state index in [0.29, 0.717) is 0 Å². The molecule has 0 saturated heterocycles. The van der Waals surface area contributed by atoms with E-state index >= 15 is 0 Å². The summed E-state index contributed by atoms with van der Waals surface area (Å²) in [6, 6.07) is 0. The second-order valence-corrected chi connectivity index (χ2v) is 7.44. The van der Waals surface area contributed by atoms with Crippen LogP contribution in [0.3, 0.4) is 0 Å². The number of hydrogen-bond donors (Lipinski definition) is 1. The molecule has 0 aliphatic rings. The first kappa shape index (κ1) is 22.7. The third-order valence-electron chi connectivity index (χ3n) is 5.04. The maximum atomic E-state index is 11.0. The van der Waals surface area contributed by atoms with Gasteiger partial charge in [0, 0.05) is 0 Å². The van der Waals surface area contributed by atoms with E-state index in [2.05, 4.69) is 20.4 Å². The molecular formula is C22H44O. The SMILES string of the molecule is C=CCCCCCCCCCC(O)(CCCCC)CCCCC. The highest BCUT2D eigenvalue weighted by Gasteiger charge is 2.24. The summed E-state index contributed by atoms with van der Waals surface area (Å²) >= 11 is 0. The summed E-state index contributed by atoms with van der Waals surface area (Å²) in [4.78, 5) is 0. The van der Waals surface area contributed by atoms with Gasteiger partial charge in [0.05, 0.1) is 5.60 Å². The van der Waals surface area contributed by atoms with E-state index in [1.807, 2.05) is 6.08 Å². The minimum absolute atomic E-state index is 0.367. The Morgan fingerprint density at radius 1 is 0.652 bits per heavy atom. The van der Waals surface area contributed by atoms with Gasteiger partial charge in [0.25, 0.3) is 0 Å². The molecule has 0 aromatic rings. The van der Waals surface area contributed by atoms with Crippen molar-refractivity contribution in [2.24, 2.45) is 0 Å². The second-order valence-electron chi connectivity index (χ2n) is 7.44. The molecular weight excluding hydrogens is 280 g/mol. The van der Waals surface area contributed by atoms with Gasteiger partial charge in [-0.05, 0) is 32.1 Å². The van der Waals surface area contributed by atoms with Crippen molar-refractivity contribution in [3.05, 3.63) is 12.7 Å². The maximum absolute atomic E-state index is 11.0. The third-order valence-corrected chi connectivity index (χ3v) is 5.04. The van der Waals surface area contributed by atoms with Crippen molar-refractivity contribution >= 4 is 0 Å². The summed E-state index contributed by atoms with van der Waals surface area (Å²) in [5.74, 6) is 0. The molecule has 0 aromatic heterocycles. The van der Waals surface area contributed by atoms with E-state index in [0.717, 1.165) is 19.3 Å².